The van der Waals surface area contributed by atoms with Gasteiger partial charge < -0.3 is 5.32 Å². The van der Waals surface area contributed by atoms with E-state index in [2.05, 4.69) is 20.8 Å². The molecule has 0 amide bonds. The van der Waals surface area contributed by atoms with Gasteiger partial charge in [0.05, 0.1) is 0 Å². The molecule has 106 valence electrons. The van der Waals surface area contributed by atoms with Gasteiger partial charge in [-0.05, 0) is 41.0 Å². The molecule has 1 N–H and O–H groups in total. The largest absolute Gasteiger partial charge is 0.326 e. The summed E-state index contributed by atoms with van der Waals surface area (Å²) in [6, 6.07) is 7.18. The molecule has 2 heterocycles. The molecule has 1 aliphatic heterocycles. The van der Waals surface area contributed by atoms with E-state index in [-0.39, 0.29) is 11.8 Å². The van der Waals surface area contributed by atoms with E-state index in [9.17, 15) is 4.79 Å². The maximum Gasteiger partial charge on any atom is 0.248 e. The van der Waals surface area contributed by atoms with E-state index in [4.69, 9.17) is 11.6 Å². The molecule has 1 aromatic heterocycles. The number of ketones is 1. The average molecular weight is 302 g/mol. The highest BCUT2D eigenvalue weighted by molar-refractivity contribution is 6.30. The van der Waals surface area contributed by atoms with Gasteiger partial charge in [-0.3, -0.25) is 4.79 Å². The van der Waals surface area contributed by atoms with Crippen molar-refractivity contribution >= 4 is 23.3 Å². The fraction of sp³-hybridized carbons (Fsp3) is 0.286. The number of anilines is 1. The Morgan fingerprint density at radius 3 is 2.86 bits per heavy atom. The summed E-state index contributed by atoms with van der Waals surface area (Å²) in [6.07, 6.45) is 2.28. The van der Waals surface area contributed by atoms with Crippen molar-refractivity contribution in [3.8, 4) is 0 Å². The molecular formula is C14H12ClN5O. The van der Waals surface area contributed by atoms with Crippen molar-refractivity contribution in [2.24, 2.45) is 0 Å². The summed E-state index contributed by atoms with van der Waals surface area (Å²) in [7, 11) is 0. The number of carbonyl (C=O) groups is 1. The lowest BCUT2D eigenvalue weighted by molar-refractivity contribution is -0.116. The molecule has 0 saturated heterocycles. The monoisotopic (exact) mass is 301 g/mol. The first-order valence-electron chi connectivity index (χ1n) is 6.80. The van der Waals surface area contributed by atoms with Crippen LogP contribution in [0.25, 0.3) is 0 Å². The first-order chi connectivity index (χ1) is 10.2. The molecular weight excluding hydrogens is 290 g/mol. The predicted octanol–water partition coefficient (Wildman–Crippen LogP) is 2.35. The number of halogens is 1. The SMILES string of the molecule is O=C1CCCC2=C1[C@@H](c1ccc(Cl)cc1)n1nnnc1N2. The Morgan fingerprint density at radius 2 is 2.05 bits per heavy atom. The van der Waals surface area contributed by atoms with Crippen LogP contribution in [0.2, 0.25) is 5.02 Å². The molecule has 6 nitrogen and oxygen atoms in total. The van der Waals surface area contributed by atoms with Gasteiger partial charge in [-0.1, -0.05) is 28.8 Å². The molecule has 0 unspecified atom stereocenters. The smallest absolute Gasteiger partial charge is 0.248 e. The zero-order valence-corrected chi connectivity index (χ0v) is 11.8. The quantitative estimate of drug-likeness (QED) is 0.875. The zero-order chi connectivity index (χ0) is 14.4. The van der Waals surface area contributed by atoms with Gasteiger partial charge in [0.15, 0.2) is 5.78 Å². The lowest BCUT2D eigenvalue weighted by Crippen LogP contribution is -2.31. The van der Waals surface area contributed by atoms with Gasteiger partial charge >= 0.3 is 0 Å². The Hall–Kier alpha value is -2.21. The molecule has 7 heteroatoms. The summed E-state index contributed by atoms with van der Waals surface area (Å²) in [4.78, 5) is 12.4. The minimum atomic E-state index is -0.281. The predicted molar refractivity (Wildman–Crippen MR) is 76.9 cm³/mol. The van der Waals surface area contributed by atoms with Crippen LogP contribution in [0.15, 0.2) is 35.5 Å². The first-order valence-corrected chi connectivity index (χ1v) is 7.18. The lowest BCUT2D eigenvalue weighted by Gasteiger charge is -2.31. The van der Waals surface area contributed by atoms with Crippen LogP contribution < -0.4 is 5.32 Å². The minimum Gasteiger partial charge on any atom is -0.326 e. The highest BCUT2D eigenvalue weighted by Gasteiger charge is 2.36. The average Bonchev–Trinajstić information content (AvgIpc) is 2.94. The second kappa shape index (κ2) is 4.66. The van der Waals surface area contributed by atoms with Crippen molar-refractivity contribution in [2.75, 3.05) is 5.32 Å². The third-order valence-electron chi connectivity index (χ3n) is 3.92. The number of hydrogen-bond acceptors (Lipinski definition) is 5. The second-order valence-corrected chi connectivity index (χ2v) is 5.63. The number of aromatic nitrogens is 4. The zero-order valence-electron chi connectivity index (χ0n) is 11.1. The molecule has 0 spiro atoms. The normalized spacial score (nSPS) is 20.8. The molecule has 0 bridgehead atoms. The first kappa shape index (κ1) is 12.5. The van der Waals surface area contributed by atoms with Gasteiger partial charge in [-0.2, -0.15) is 4.68 Å². The highest BCUT2D eigenvalue weighted by Crippen LogP contribution is 2.39. The van der Waals surface area contributed by atoms with E-state index in [1.807, 2.05) is 24.3 Å². The molecule has 0 fully saturated rings. The van der Waals surface area contributed by atoms with Crippen molar-refractivity contribution in [1.82, 2.24) is 20.2 Å². The summed E-state index contributed by atoms with van der Waals surface area (Å²) in [5, 5.41) is 15.6. The molecule has 1 aliphatic carbocycles. The highest BCUT2D eigenvalue weighted by atomic mass is 35.5. The number of hydrogen-bond donors (Lipinski definition) is 1. The van der Waals surface area contributed by atoms with Crippen LogP contribution in [0.4, 0.5) is 5.95 Å². The molecule has 1 atom stereocenters. The number of allylic oxidation sites excluding steroid dienone is 2. The number of nitrogens with zero attached hydrogens (tertiary/aromatic N) is 4. The Kier molecular flexibility index (Phi) is 2.78. The molecule has 1 aromatic carbocycles. The topological polar surface area (TPSA) is 72.7 Å². The Labute approximate surface area is 125 Å². The number of rotatable bonds is 1. The molecule has 0 saturated carbocycles. The van der Waals surface area contributed by atoms with Gasteiger partial charge in [-0.15, -0.1) is 0 Å². The summed E-state index contributed by atoms with van der Waals surface area (Å²) in [6.45, 7) is 0. The van der Waals surface area contributed by atoms with E-state index >= 15 is 0 Å². The van der Waals surface area contributed by atoms with E-state index in [1.165, 1.54) is 0 Å². The van der Waals surface area contributed by atoms with Gasteiger partial charge in [0.25, 0.3) is 0 Å². The Morgan fingerprint density at radius 1 is 1.24 bits per heavy atom. The standard InChI is InChI=1S/C14H12ClN5O/c15-9-6-4-8(5-7-9)13-12-10(2-1-3-11(12)21)16-14-17-18-19-20(13)14/h4-7,13H,1-3H2,(H,16,17,19)/t13-/m1/s1. The number of Topliss-reactive ketones (excluding diaryl/α,β-unsaturated/α-hetero) is 1. The number of tetrazole rings is 1. The number of carbonyl (C=O) groups excluding carboxylic acids is 1. The molecule has 4 rings (SSSR count). The van der Waals surface area contributed by atoms with Crippen molar-refractivity contribution in [3.05, 3.63) is 46.1 Å². The van der Waals surface area contributed by atoms with Crippen LogP contribution in [0.3, 0.4) is 0 Å². The van der Waals surface area contributed by atoms with Crippen molar-refractivity contribution in [3.63, 3.8) is 0 Å². The Balaban J connectivity index is 1.91. The fourth-order valence-corrected chi connectivity index (χ4v) is 3.10. The number of nitrogens with one attached hydrogen (secondary N) is 1. The van der Waals surface area contributed by atoms with E-state index in [0.29, 0.717) is 17.4 Å². The maximum atomic E-state index is 12.4. The maximum absolute atomic E-state index is 12.4. The molecule has 21 heavy (non-hydrogen) atoms. The van der Waals surface area contributed by atoms with Crippen LogP contribution in [-0.4, -0.2) is 26.0 Å². The molecule has 2 aliphatic rings. The lowest BCUT2D eigenvalue weighted by atomic mass is 9.85. The third kappa shape index (κ3) is 1.94. The van der Waals surface area contributed by atoms with Crippen LogP contribution in [-0.2, 0) is 4.79 Å². The van der Waals surface area contributed by atoms with Gasteiger partial charge in [0.1, 0.15) is 6.04 Å². The minimum absolute atomic E-state index is 0.157. The Bertz CT molecular complexity index is 749. The number of benzene rings is 1. The van der Waals surface area contributed by atoms with Crippen LogP contribution in [0.5, 0.6) is 0 Å². The van der Waals surface area contributed by atoms with E-state index in [0.717, 1.165) is 29.7 Å². The fourth-order valence-electron chi connectivity index (χ4n) is 2.97. The van der Waals surface area contributed by atoms with Crippen molar-refractivity contribution in [1.29, 1.82) is 0 Å². The third-order valence-corrected chi connectivity index (χ3v) is 4.17. The summed E-state index contributed by atoms with van der Waals surface area (Å²) >= 11 is 5.96. The van der Waals surface area contributed by atoms with Crippen molar-refractivity contribution in [2.45, 2.75) is 25.3 Å². The van der Waals surface area contributed by atoms with Crippen molar-refractivity contribution < 1.29 is 4.79 Å². The van der Waals surface area contributed by atoms with E-state index < -0.39 is 0 Å². The summed E-state index contributed by atoms with van der Waals surface area (Å²) in [5.74, 6) is 0.730. The van der Waals surface area contributed by atoms with Gasteiger partial charge in [0, 0.05) is 22.7 Å². The van der Waals surface area contributed by atoms with Crippen LogP contribution in [0.1, 0.15) is 30.9 Å². The molecule has 2 aromatic rings. The van der Waals surface area contributed by atoms with Gasteiger partial charge in [-0.25, -0.2) is 0 Å². The summed E-state index contributed by atoms with van der Waals surface area (Å²) < 4.78 is 1.66. The second-order valence-electron chi connectivity index (χ2n) is 5.20. The number of fused-ring (bicyclic) bond motifs is 1. The van der Waals surface area contributed by atoms with Crippen LogP contribution in [0, 0.1) is 0 Å². The summed E-state index contributed by atoms with van der Waals surface area (Å²) in [5.41, 5.74) is 2.66. The van der Waals surface area contributed by atoms with E-state index in [1.54, 1.807) is 4.68 Å². The van der Waals surface area contributed by atoms with Crippen LogP contribution >= 0.6 is 11.6 Å². The molecule has 0 radical (unpaired) electrons. The van der Waals surface area contributed by atoms with Gasteiger partial charge in [0.2, 0.25) is 5.95 Å².